The predicted octanol–water partition coefficient (Wildman–Crippen LogP) is 3.00. The van der Waals surface area contributed by atoms with Crippen LogP contribution >= 0.6 is 12.2 Å². The zero-order valence-electron chi connectivity index (χ0n) is 8.79. The molecular formula is C10H17N3S. The zero-order chi connectivity index (χ0) is 10.1. The first-order valence-electron chi connectivity index (χ1n) is 5.32. The van der Waals surface area contributed by atoms with Gasteiger partial charge in [0.05, 0.1) is 0 Å². The lowest BCUT2D eigenvalue weighted by atomic mass is 9.87. The van der Waals surface area contributed by atoms with Gasteiger partial charge in [0.25, 0.3) is 0 Å². The van der Waals surface area contributed by atoms with Crippen LogP contribution in [0.25, 0.3) is 0 Å². The van der Waals surface area contributed by atoms with Crippen LogP contribution in [0.5, 0.6) is 0 Å². The monoisotopic (exact) mass is 211 g/mol. The highest BCUT2D eigenvalue weighted by molar-refractivity contribution is 7.71. The average Bonchev–Trinajstić information content (AvgIpc) is 2.46. The summed E-state index contributed by atoms with van der Waals surface area (Å²) in [4.78, 5) is 0. The number of aromatic nitrogens is 3. The second-order valence-corrected chi connectivity index (χ2v) is 4.76. The smallest absolute Gasteiger partial charge is 0.195 e. The molecule has 78 valence electrons. The number of aryl methyl sites for hydroxylation is 1. The molecule has 1 heterocycles. The highest BCUT2D eigenvalue weighted by atomic mass is 32.1. The van der Waals surface area contributed by atoms with E-state index in [4.69, 9.17) is 12.2 Å². The Balaban J connectivity index is 2.26. The summed E-state index contributed by atoms with van der Waals surface area (Å²) in [7, 11) is 0. The molecule has 2 rings (SSSR count). The Morgan fingerprint density at radius 1 is 1.50 bits per heavy atom. The number of nitrogens with zero attached hydrogens (tertiary/aromatic N) is 2. The van der Waals surface area contributed by atoms with Gasteiger partial charge in [-0.25, -0.2) is 0 Å². The molecule has 1 aromatic rings. The van der Waals surface area contributed by atoms with E-state index >= 15 is 0 Å². The Morgan fingerprint density at radius 3 is 2.86 bits per heavy atom. The number of hydrogen-bond acceptors (Lipinski definition) is 2. The summed E-state index contributed by atoms with van der Waals surface area (Å²) in [6.45, 7) is 4.34. The largest absolute Gasteiger partial charge is 0.301 e. The van der Waals surface area contributed by atoms with Gasteiger partial charge < -0.3 is 4.57 Å². The molecule has 1 aromatic heterocycles. The van der Waals surface area contributed by atoms with E-state index in [1.807, 2.05) is 6.92 Å². The van der Waals surface area contributed by atoms with Crippen molar-refractivity contribution < 1.29 is 0 Å². The van der Waals surface area contributed by atoms with Gasteiger partial charge in [0, 0.05) is 6.04 Å². The Labute approximate surface area is 89.5 Å². The third-order valence-electron chi connectivity index (χ3n) is 3.15. The number of nitrogens with one attached hydrogen (secondary N) is 1. The van der Waals surface area contributed by atoms with Crippen LogP contribution in [0.3, 0.4) is 0 Å². The molecule has 1 aliphatic rings. The lowest BCUT2D eigenvalue weighted by molar-refractivity contribution is 0.277. The van der Waals surface area contributed by atoms with Crippen LogP contribution in [0.15, 0.2) is 0 Å². The third kappa shape index (κ3) is 1.75. The van der Waals surface area contributed by atoms with E-state index in [2.05, 4.69) is 21.7 Å². The number of rotatable bonds is 1. The lowest BCUT2D eigenvalue weighted by Gasteiger charge is -2.28. The Morgan fingerprint density at radius 2 is 2.29 bits per heavy atom. The van der Waals surface area contributed by atoms with Gasteiger partial charge in [0.1, 0.15) is 5.82 Å². The van der Waals surface area contributed by atoms with Crippen LogP contribution < -0.4 is 0 Å². The molecule has 1 N–H and O–H groups in total. The minimum Gasteiger partial charge on any atom is -0.301 e. The van der Waals surface area contributed by atoms with Gasteiger partial charge >= 0.3 is 0 Å². The van der Waals surface area contributed by atoms with Crippen LogP contribution in [0.4, 0.5) is 0 Å². The highest BCUT2D eigenvalue weighted by Gasteiger charge is 2.22. The molecule has 0 saturated heterocycles. The number of hydrogen-bond donors (Lipinski definition) is 1. The van der Waals surface area contributed by atoms with E-state index in [1.54, 1.807) is 0 Å². The molecular weight excluding hydrogens is 194 g/mol. The minimum absolute atomic E-state index is 0.574. The molecule has 4 heteroatoms. The van der Waals surface area contributed by atoms with Gasteiger partial charge in [-0.3, -0.25) is 5.10 Å². The maximum Gasteiger partial charge on any atom is 0.195 e. The van der Waals surface area contributed by atoms with Crippen molar-refractivity contribution in [2.75, 3.05) is 0 Å². The Bertz CT molecular complexity index is 366. The van der Waals surface area contributed by atoms with E-state index in [-0.39, 0.29) is 0 Å². The zero-order valence-corrected chi connectivity index (χ0v) is 9.60. The van der Waals surface area contributed by atoms with E-state index in [1.165, 1.54) is 25.7 Å². The molecule has 0 spiro atoms. The molecule has 3 nitrogen and oxygen atoms in total. The van der Waals surface area contributed by atoms with Crippen molar-refractivity contribution >= 4 is 12.2 Å². The summed E-state index contributed by atoms with van der Waals surface area (Å²) in [5.41, 5.74) is 0. The average molecular weight is 211 g/mol. The van der Waals surface area contributed by atoms with Gasteiger partial charge in [-0.1, -0.05) is 19.8 Å². The number of aromatic amines is 1. The molecule has 0 bridgehead atoms. The predicted molar refractivity (Wildman–Crippen MR) is 58.8 cm³/mol. The molecule has 0 amide bonds. The van der Waals surface area contributed by atoms with Crippen LogP contribution in [-0.4, -0.2) is 14.8 Å². The van der Waals surface area contributed by atoms with Gasteiger partial charge in [0.15, 0.2) is 4.77 Å². The molecule has 0 unspecified atom stereocenters. The molecule has 1 fully saturated rings. The highest BCUT2D eigenvalue weighted by Crippen LogP contribution is 2.32. The fourth-order valence-corrected chi connectivity index (χ4v) is 2.78. The first-order chi connectivity index (χ1) is 6.68. The molecule has 0 aliphatic heterocycles. The summed E-state index contributed by atoms with van der Waals surface area (Å²) in [6, 6.07) is 0.574. The normalized spacial score (nSPS) is 27.9. The standard InChI is InChI=1S/C10H17N3S/c1-7-4-3-5-9(6-7)13-8(2)11-12-10(13)14/h7,9H,3-6H2,1-2H3,(H,12,14)/t7-,9-/m0/s1. The van der Waals surface area contributed by atoms with Gasteiger partial charge in [-0.2, -0.15) is 5.10 Å². The van der Waals surface area contributed by atoms with E-state index in [0.29, 0.717) is 6.04 Å². The molecule has 1 aliphatic carbocycles. The van der Waals surface area contributed by atoms with Crippen molar-refractivity contribution in [3.63, 3.8) is 0 Å². The Hall–Kier alpha value is -0.640. The van der Waals surface area contributed by atoms with E-state index in [9.17, 15) is 0 Å². The molecule has 0 aromatic carbocycles. The van der Waals surface area contributed by atoms with Crippen molar-refractivity contribution in [3.8, 4) is 0 Å². The lowest BCUT2D eigenvalue weighted by Crippen LogP contribution is -2.18. The summed E-state index contributed by atoms with van der Waals surface area (Å²) >= 11 is 5.24. The fourth-order valence-electron chi connectivity index (χ4n) is 2.45. The van der Waals surface area contributed by atoms with Crippen LogP contribution in [0, 0.1) is 17.6 Å². The maximum atomic E-state index is 5.24. The number of H-pyrrole nitrogens is 1. The van der Waals surface area contributed by atoms with Crippen LogP contribution in [0.2, 0.25) is 0 Å². The van der Waals surface area contributed by atoms with Gasteiger partial charge in [-0.05, 0) is 37.9 Å². The quantitative estimate of drug-likeness (QED) is 0.724. The van der Waals surface area contributed by atoms with Crippen molar-refractivity contribution in [1.29, 1.82) is 0 Å². The molecule has 14 heavy (non-hydrogen) atoms. The summed E-state index contributed by atoms with van der Waals surface area (Å²) in [5.74, 6) is 1.85. The second-order valence-electron chi connectivity index (χ2n) is 4.37. The first kappa shape index (κ1) is 9.90. The van der Waals surface area contributed by atoms with Gasteiger partial charge in [0.2, 0.25) is 0 Å². The summed E-state index contributed by atoms with van der Waals surface area (Å²) in [6.07, 6.45) is 5.17. The molecule has 2 atom stereocenters. The van der Waals surface area contributed by atoms with Crippen LogP contribution in [0.1, 0.15) is 44.5 Å². The third-order valence-corrected chi connectivity index (χ3v) is 3.44. The van der Waals surface area contributed by atoms with Crippen molar-refractivity contribution in [2.24, 2.45) is 5.92 Å². The summed E-state index contributed by atoms with van der Waals surface area (Å²) < 4.78 is 2.96. The topological polar surface area (TPSA) is 33.6 Å². The first-order valence-corrected chi connectivity index (χ1v) is 5.73. The molecule has 1 saturated carbocycles. The van der Waals surface area contributed by atoms with Crippen molar-refractivity contribution in [1.82, 2.24) is 14.8 Å². The second kappa shape index (κ2) is 3.85. The maximum absolute atomic E-state index is 5.24. The summed E-state index contributed by atoms with van der Waals surface area (Å²) in [5, 5.41) is 7.03. The van der Waals surface area contributed by atoms with Gasteiger partial charge in [-0.15, -0.1) is 0 Å². The molecule has 0 radical (unpaired) electrons. The minimum atomic E-state index is 0.574. The van der Waals surface area contributed by atoms with Crippen LogP contribution in [-0.2, 0) is 0 Å². The Kier molecular flexibility index (Phi) is 2.72. The van der Waals surface area contributed by atoms with E-state index in [0.717, 1.165) is 16.5 Å². The van der Waals surface area contributed by atoms with Crippen molar-refractivity contribution in [2.45, 2.75) is 45.6 Å². The fraction of sp³-hybridized carbons (Fsp3) is 0.800. The van der Waals surface area contributed by atoms with E-state index < -0.39 is 0 Å². The SMILES string of the molecule is Cc1n[nH]c(=S)n1[C@H]1CCC[C@H](C)C1. The van der Waals surface area contributed by atoms with Crippen molar-refractivity contribution in [3.05, 3.63) is 10.6 Å².